The summed E-state index contributed by atoms with van der Waals surface area (Å²) in [6, 6.07) is 0. The molecule has 0 saturated carbocycles. The van der Waals surface area contributed by atoms with Gasteiger partial charge in [0.2, 0.25) is 0 Å². The van der Waals surface area contributed by atoms with Gasteiger partial charge in [-0.3, -0.25) is 4.98 Å². The van der Waals surface area contributed by atoms with Gasteiger partial charge in [-0.05, 0) is 5.92 Å². The fourth-order valence-corrected chi connectivity index (χ4v) is 6.62. The number of methoxy groups -OCH3 is 2. The second-order valence-corrected chi connectivity index (χ2v) is 13.3. The number of ether oxygens (including phenoxy) is 2. The zero-order valence-electron chi connectivity index (χ0n) is 32.3. The smallest absolute Gasteiger partial charge is 0.345 e. The number of carbonyl (C=O) groups excluding carboxylic acids is 2. The maximum Gasteiger partial charge on any atom is 0.345 e. The molecule has 0 amide bonds. The Morgan fingerprint density at radius 3 is 0.862 bits per heavy atom. The fourth-order valence-electron chi connectivity index (χ4n) is 6.62. The van der Waals surface area contributed by atoms with Gasteiger partial charge in [-0.2, -0.15) is 4.57 Å². The Labute approximate surface area is 349 Å². The number of hydrogen-bond donors (Lipinski definition) is 0. The Bertz CT molecular complexity index is 2390. The van der Waals surface area contributed by atoms with Gasteiger partial charge in [0.15, 0.2) is 94.3 Å². The summed E-state index contributed by atoms with van der Waals surface area (Å²) in [5.74, 6) is -72.8. The molecule has 27 heteroatoms. The molecule has 0 spiro atoms. The molecule has 6 nitrogen and oxygen atoms in total. The number of hydrogen-bond acceptors (Lipinski definition) is 5. The average molecular weight is 958 g/mol. The van der Waals surface area contributed by atoms with E-state index in [1.54, 1.807) is 24.8 Å². The predicted octanol–water partition coefficient (Wildman–Crippen LogP) is 6.51. The van der Waals surface area contributed by atoms with Crippen molar-refractivity contribution in [3.8, 4) is 0 Å². The van der Waals surface area contributed by atoms with Crippen molar-refractivity contribution in [3.05, 3.63) is 152 Å². The van der Waals surface area contributed by atoms with Gasteiger partial charge >= 0.3 is 11.9 Å². The van der Waals surface area contributed by atoms with Gasteiger partial charge in [-0.1, -0.05) is 13.8 Å². The molecular weight excluding hydrogens is 939 g/mol. The summed E-state index contributed by atoms with van der Waals surface area (Å²) in [6.07, 6.45) is -0.434. The summed E-state index contributed by atoms with van der Waals surface area (Å²) in [7, 11) is 2.48. The summed E-state index contributed by atoms with van der Waals surface area (Å²) >= 11 is 0. The molecule has 1 heterocycles. The van der Waals surface area contributed by atoms with Crippen LogP contribution in [0.3, 0.4) is 0 Å². The Hall–Kier alpha value is -6.70. The summed E-state index contributed by atoms with van der Waals surface area (Å²) in [5, 5.41) is 0. The first-order chi connectivity index (χ1) is 30.2. The third kappa shape index (κ3) is 8.30. The molecule has 0 fully saturated rings. The van der Waals surface area contributed by atoms with Crippen molar-refractivity contribution < 1.29 is 111 Å². The Balaban J connectivity index is 0.000000387. The summed E-state index contributed by atoms with van der Waals surface area (Å²) < 4.78 is 305. The van der Waals surface area contributed by atoms with Gasteiger partial charge < -0.3 is 9.47 Å². The van der Waals surface area contributed by atoms with E-state index >= 15 is 35.1 Å². The van der Waals surface area contributed by atoms with E-state index in [9.17, 15) is 62.3 Å². The zero-order valence-corrected chi connectivity index (χ0v) is 32.3. The van der Waals surface area contributed by atoms with Crippen LogP contribution in [0.2, 0.25) is 0 Å². The SMILES string of the molecule is COC(=O)C(C(=O)OC)=C(C[n+]1ccncc1)C(C)C.Fc1c(F)c(F)c([B-](c2c(F)c(F)c(F)c(F)c2F)(c2c(F)c(F)c(F)c(F)c2F)c2c(F)c(F)c(F)c(F)c2F)c(F)c1F. The quantitative estimate of drug-likeness (QED) is 0.0194. The number of nitrogens with zero attached hydrogens (tertiary/aromatic N) is 2. The van der Waals surface area contributed by atoms with Crippen LogP contribution in [0.5, 0.6) is 0 Å². The monoisotopic (exact) mass is 958 g/mol. The number of benzene rings is 4. The van der Waals surface area contributed by atoms with Crippen LogP contribution >= 0.6 is 0 Å². The minimum Gasteiger partial charge on any atom is -0.465 e. The fraction of sp³-hybridized carbons (Fsp3) is 0.158. The molecule has 5 aromatic rings. The van der Waals surface area contributed by atoms with Crippen molar-refractivity contribution in [1.29, 1.82) is 0 Å². The number of allylic oxidation sites excluding steroid dienone is 1. The van der Waals surface area contributed by atoms with Crippen molar-refractivity contribution in [2.45, 2.75) is 20.4 Å². The van der Waals surface area contributed by atoms with Gasteiger partial charge in [0.25, 0.3) is 0 Å². The maximum atomic E-state index is 15.4. The van der Waals surface area contributed by atoms with E-state index in [2.05, 4.69) is 14.5 Å². The minimum atomic E-state index is -7.22. The van der Waals surface area contributed by atoms with Gasteiger partial charge in [-0.15, -0.1) is 21.9 Å². The normalized spacial score (nSPS) is 11.4. The lowest BCUT2D eigenvalue weighted by Gasteiger charge is -2.44. The molecular formula is C38H19BF20N2O4. The largest absolute Gasteiger partial charge is 0.465 e. The molecule has 0 atom stereocenters. The number of aromatic nitrogens is 2. The first-order valence-corrected chi connectivity index (χ1v) is 17.1. The van der Waals surface area contributed by atoms with Crippen molar-refractivity contribution >= 4 is 39.9 Å². The topological polar surface area (TPSA) is 69.4 Å². The highest BCUT2D eigenvalue weighted by Gasteiger charge is 2.52. The van der Waals surface area contributed by atoms with Crippen LogP contribution in [0, 0.1) is 122 Å². The van der Waals surface area contributed by atoms with Crippen LogP contribution in [0.1, 0.15) is 13.8 Å². The molecule has 0 radical (unpaired) electrons. The Morgan fingerprint density at radius 2 is 0.662 bits per heavy atom. The second kappa shape index (κ2) is 19.2. The summed E-state index contributed by atoms with van der Waals surface area (Å²) in [6.45, 7) is 4.20. The molecule has 348 valence electrons. The summed E-state index contributed by atoms with van der Waals surface area (Å²) in [4.78, 5) is 27.6. The molecule has 0 bridgehead atoms. The highest BCUT2D eigenvalue weighted by atomic mass is 19.2. The highest BCUT2D eigenvalue weighted by Crippen LogP contribution is 2.31. The number of rotatable bonds is 9. The molecule has 0 aliphatic carbocycles. The molecule has 0 aliphatic heterocycles. The van der Waals surface area contributed by atoms with Gasteiger partial charge in [-0.25, -0.2) is 97.4 Å². The summed E-state index contributed by atoms with van der Waals surface area (Å²) in [5.41, 5.74) is -13.7. The lowest BCUT2D eigenvalue weighted by molar-refractivity contribution is -0.690. The highest BCUT2D eigenvalue weighted by molar-refractivity contribution is 7.20. The number of esters is 2. The van der Waals surface area contributed by atoms with E-state index in [0.29, 0.717) is 12.1 Å². The number of halogens is 20. The van der Waals surface area contributed by atoms with E-state index in [1.165, 1.54) is 14.2 Å². The first-order valence-electron chi connectivity index (χ1n) is 17.1. The molecule has 1 aromatic heterocycles. The lowest BCUT2D eigenvalue weighted by atomic mass is 9.12. The van der Waals surface area contributed by atoms with Crippen LogP contribution in [-0.2, 0) is 25.6 Å². The second-order valence-electron chi connectivity index (χ2n) is 13.3. The van der Waals surface area contributed by atoms with Crippen LogP contribution in [0.15, 0.2) is 35.9 Å². The van der Waals surface area contributed by atoms with E-state index in [4.69, 9.17) is 0 Å². The third-order valence-corrected chi connectivity index (χ3v) is 9.55. The van der Waals surface area contributed by atoms with Crippen molar-refractivity contribution in [2.24, 2.45) is 5.92 Å². The first kappa shape index (κ1) is 50.9. The van der Waals surface area contributed by atoms with E-state index < -0.39 is 156 Å². The van der Waals surface area contributed by atoms with Crippen LogP contribution in [-0.4, -0.2) is 37.3 Å². The molecule has 0 N–H and O–H groups in total. The van der Waals surface area contributed by atoms with Crippen molar-refractivity contribution in [2.75, 3.05) is 14.2 Å². The lowest BCUT2D eigenvalue weighted by Crippen LogP contribution is -2.81. The van der Waals surface area contributed by atoms with Crippen molar-refractivity contribution in [1.82, 2.24) is 4.98 Å². The molecule has 4 aromatic carbocycles. The molecule has 65 heavy (non-hydrogen) atoms. The van der Waals surface area contributed by atoms with E-state index in [-0.39, 0.29) is 11.5 Å². The maximum absolute atomic E-state index is 15.4. The van der Waals surface area contributed by atoms with Crippen LogP contribution < -0.4 is 26.4 Å². The molecule has 0 unspecified atom stereocenters. The standard InChI is InChI=1S/C24BF20.C14H19N2O4/c26-5-1(6(27)14(35)21(42)13(5)34)25(2-7(28)15(36)22(43)16(37)8(2)29,3-9(30)17(38)23(44)18(39)10(3)31)4-11(32)19(40)24(45)20(41)12(4)33;1-10(2)11(9-16-7-5-15-6-8-16)12(13(17)19-3)14(18)20-4/h;5-8,10H,9H2,1-4H3/q-1;+1. The van der Waals surface area contributed by atoms with Crippen LogP contribution in [0.4, 0.5) is 87.8 Å². The zero-order chi connectivity index (χ0) is 49.5. The minimum absolute atomic E-state index is 0.0103. The van der Waals surface area contributed by atoms with E-state index in [1.807, 2.05) is 18.4 Å². The van der Waals surface area contributed by atoms with Crippen LogP contribution in [0.25, 0.3) is 0 Å². The van der Waals surface area contributed by atoms with Gasteiger partial charge in [0.1, 0.15) is 52.7 Å². The predicted molar refractivity (Wildman–Crippen MR) is 180 cm³/mol. The van der Waals surface area contributed by atoms with E-state index in [0.717, 1.165) is 0 Å². The number of carbonyl (C=O) groups is 2. The Morgan fingerprint density at radius 1 is 0.446 bits per heavy atom. The molecule has 0 saturated heterocycles. The molecule has 0 aliphatic rings. The van der Waals surface area contributed by atoms with Gasteiger partial charge in [0.05, 0.1) is 26.6 Å². The molecule has 5 rings (SSSR count). The third-order valence-electron chi connectivity index (χ3n) is 9.55. The Kier molecular flexibility index (Phi) is 15.0. The average Bonchev–Trinajstić information content (AvgIpc) is 3.28. The van der Waals surface area contributed by atoms with Crippen molar-refractivity contribution in [3.63, 3.8) is 0 Å². The van der Waals surface area contributed by atoms with Gasteiger partial charge in [0, 0.05) is 5.57 Å².